The van der Waals surface area contributed by atoms with Crippen LogP contribution in [0.5, 0.6) is 0 Å². The lowest BCUT2D eigenvalue weighted by molar-refractivity contribution is -0.121. The second-order valence-electron chi connectivity index (χ2n) is 8.20. The van der Waals surface area contributed by atoms with Crippen molar-refractivity contribution in [2.24, 2.45) is 0 Å². The number of rotatable bonds is 10. The number of hydrogen-bond donors (Lipinski definition) is 1. The number of nitrogens with zero attached hydrogens (tertiary/aromatic N) is 3. The Labute approximate surface area is 194 Å². The van der Waals surface area contributed by atoms with Gasteiger partial charge in [-0.1, -0.05) is 35.9 Å². The summed E-state index contributed by atoms with van der Waals surface area (Å²) in [7, 11) is 0. The number of para-hydroxylation sites is 2. The third kappa shape index (κ3) is 6.31. The molecule has 7 heteroatoms. The molecule has 3 aromatic rings. The molecule has 0 unspecified atom stereocenters. The highest BCUT2D eigenvalue weighted by Crippen LogP contribution is 2.17. The molecule has 0 radical (unpaired) electrons. The summed E-state index contributed by atoms with van der Waals surface area (Å²) in [5, 5.41) is 3.80. The van der Waals surface area contributed by atoms with Gasteiger partial charge >= 0.3 is 0 Å². The van der Waals surface area contributed by atoms with E-state index in [1.165, 1.54) is 5.56 Å². The molecule has 0 bridgehead atoms. The van der Waals surface area contributed by atoms with E-state index in [1.807, 2.05) is 30.3 Å². The van der Waals surface area contributed by atoms with E-state index in [-0.39, 0.29) is 5.91 Å². The lowest BCUT2D eigenvalue weighted by Crippen LogP contribution is -2.38. The number of fused-ring (bicyclic) bond motifs is 1. The highest BCUT2D eigenvalue weighted by molar-refractivity contribution is 6.30. The standard InChI is InChI=1S/C25H31ClN4O2/c26-21-10-8-20(9-11-21)4-3-7-25(31)27-13-12-24-28-22-5-1-2-6-23(22)30(24)15-14-29-16-18-32-19-17-29/h1-2,5-6,8-11H,3-4,7,12-19H2,(H,27,31). The van der Waals surface area contributed by atoms with Crippen molar-refractivity contribution < 1.29 is 9.53 Å². The van der Waals surface area contributed by atoms with Crippen LogP contribution in [-0.4, -0.2) is 59.8 Å². The van der Waals surface area contributed by atoms with Gasteiger partial charge in [-0.15, -0.1) is 0 Å². The number of nitrogens with one attached hydrogen (secondary N) is 1. The van der Waals surface area contributed by atoms with Gasteiger partial charge in [0.1, 0.15) is 5.82 Å². The predicted molar refractivity (Wildman–Crippen MR) is 128 cm³/mol. The zero-order valence-electron chi connectivity index (χ0n) is 18.4. The number of hydrogen-bond acceptors (Lipinski definition) is 4. The summed E-state index contributed by atoms with van der Waals surface area (Å²) in [5.74, 6) is 1.12. The van der Waals surface area contributed by atoms with Crippen molar-refractivity contribution in [3.8, 4) is 0 Å². The van der Waals surface area contributed by atoms with Crippen LogP contribution in [0.2, 0.25) is 5.02 Å². The van der Waals surface area contributed by atoms with Crippen molar-refractivity contribution in [3.63, 3.8) is 0 Å². The Morgan fingerprint density at radius 2 is 1.81 bits per heavy atom. The van der Waals surface area contributed by atoms with Crippen molar-refractivity contribution in [2.75, 3.05) is 39.4 Å². The van der Waals surface area contributed by atoms with Crippen LogP contribution in [0.25, 0.3) is 11.0 Å². The molecule has 1 saturated heterocycles. The average molecular weight is 455 g/mol. The summed E-state index contributed by atoms with van der Waals surface area (Å²) >= 11 is 5.92. The zero-order valence-corrected chi connectivity index (χ0v) is 19.2. The van der Waals surface area contributed by atoms with Gasteiger partial charge in [0.15, 0.2) is 0 Å². The number of aromatic nitrogens is 2. The lowest BCUT2D eigenvalue weighted by Gasteiger charge is -2.27. The van der Waals surface area contributed by atoms with E-state index >= 15 is 0 Å². The molecule has 1 N–H and O–H groups in total. The SMILES string of the molecule is O=C(CCCc1ccc(Cl)cc1)NCCc1nc2ccccc2n1CCN1CCOCC1. The Balaban J connectivity index is 1.27. The number of ether oxygens (including phenoxy) is 1. The van der Waals surface area contributed by atoms with Crippen molar-refractivity contribution in [3.05, 3.63) is 64.9 Å². The van der Waals surface area contributed by atoms with Crippen LogP contribution in [-0.2, 0) is 28.9 Å². The fourth-order valence-corrected chi connectivity index (χ4v) is 4.26. The Morgan fingerprint density at radius 1 is 1.03 bits per heavy atom. The van der Waals surface area contributed by atoms with Gasteiger partial charge < -0.3 is 14.6 Å². The maximum Gasteiger partial charge on any atom is 0.220 e. The van der Waals surface area contributed by atoms with Crippen LogP contribution in [0.3, 0.4) is 0 Å². The highest BCUT2D eigenvalue weighted by atomic mass is 35.5. The fourth-order valence-electron chi connectivity index (χ4n) is 4.14. The van der Waals surface area contributed by atoms with E-state index in [2.05, 4.69) is 33.0 Å². The molecule has 32 heavy (non-hydrogen) atoms. The van der Waals surface area contributed by atoms with Crippen LogP contribution in [0.1, 0.15) is 24.2 Å². The molecular formula is C25H31ClN4O2. The van der Waals surface area contributed by atoms with Crippen molar-refractivity contribution in [1.29, 1.82) is 0 Å². The first-order valence-electron chi connectivity index (χ1n) is 11.4. The monoisotopic (exact) mass is 454 g/mol. The lowest BCUT2D eigenvalue weighted by atomic mass is 10.1. The smallest absolute Gasteiger partial charge is 0.220 e. The van der Waals surface area contributed by atoms with Gasteiger partial charge in [0.05, 0.1) is 24.2 Å². The molecule has 0 aliphatic carbocycles. The number of imidazole rings is 1. The third-order valence-electron chi connectivity index (χ3n) is 5.93. The quantitative estimate of drug-likeness (QED) is 0.507. The van der Waals surface area contributed by atoms with E-state index < -0.39 is 0 Å². The van der Waals surface area contributed by atoms with Gasteiger partial charge in [-0.25, -0.2) is 4.98 Å². The maximum absolute atomic E-state index is 12.3. The number of carbonyl (C=O) groups is 1. The van der Waals surface area contributed by atoms with E-state index in [0.29, 0.717) is 13.0 Å². The van der Waals surface area contributed by atoms with Gasteiger partial charge in [0.2, 0.25) is 5.91 Å². The molecule has 6 nitrogen and oxygen atoms in total. The fraction of sp³-hybridized carbons (Fsp3) is 0.440. The van der Waals surface area contributed by atoms with Crippen LogP contribution < -0.4 is 5.32 Å². The number of carbonyl (C=O) groups excluding carboxylic acids is 1. The minimum Gasteiger partial charge on any atom is -0.379 e. The molecule has 0 spiro atoms. The van der Waals surface area contributed by atoms with Crippen LogP contribution >= 0.6 is 11.6 Å². The first kappa shape index (κ1) is 22.8. The molecule has 2 heterocycles. The Kier molecular flexibility index (Phi) is 8.15. The Hall–Kier alpha value is -2.41. The molecule has 1 fully saturated rings. The molecule has 1 aromatic heterocycles. The molecule has 1 amide bonds. The zero-order chi connectivity index (χ0) is 22.2. The highest BCUT2D eigenvalue weighted by Gasteiger charge is 2.14. The Bertz CT molecular complexity index is 1010. The summed E-state index contributed by atoms with van der Waals surface area (Å²) in [5.41, 5.74) is 3.38. The largest absolute Gasteiger partial charge is 0.379 e. The number of amides is 1. The van der Waals surface area contributed by atoms with Crippen LogP contribution in [0.4, 0.5) is 0 Å². The molecule has 1 aliphatic rings. The molecule has 4 rings (SSSR count). The maximum atomic E-state index is 12.3. The van der Waals surface area contributed by atoms with Gasteiger partial charge in [-0.3, -0.25) is 9.69 Å². The number of benzene rings is 2. The molecule has 1 aliphatic heterocycles. The summed E-state index contributed by atoms with van der Waals surface area (Å²) in [6.07, 6.45) is 2.95. The summed E-state index contributed by atoms with van der Waals surface area (Å²) in [4.78, 5) is 19.6. The van der Waals surface area contributed by atoms with E-state index in [1.54, 1.807) is 0 Å². The average Bonchev–Trinajstić information content (AvgIpc) is 3.17. The van der Waals surface area contributed by atoms with Crippen LogP contribution in [0, 0.1) is 0 Å². The van der Waals surface area contributed by atoms with Crippen molar-refractivity contribution in [1.82, 2.24) is 19.8 Å². The van der Waals surface area contributed by atoms with Gasteiger partial charge in [-0.05, 0) is 42.7 Å². The van der Waals surface area contributed by atoms with E-state index in [0.717, 1.165) is 80.5 Å². The number of morpholine rings is 1. The summed E-state index contributed by atoms with van der Waals surface area (Å²) in [6, 6.07) is 16.1. The number of aryl methyl sites for hydroxylation is 1. The van der Waals surface area contributed by atoms with Crippen LogP contribution in [0.15, 0.2) is 48.5 Å². The van der Waals surface area contributed by atoms with Gasteiger partial charge in [0.25, 0.3) is 0 Å². The molecule has 0 atom stereocenters. The molecule has 170 valence electrons. The minimum absolute atomic E-state index is 0.0925. The van der Waals surface area contributed by atoms with Crippen molar-refractivity contribution in [2.45, 2.75) is 32.2 Å². The third-order valence-corrected chi connectivity index (χ3v) is 6.18. The molecule has 0 saturated carbocycles. The summed E-state index contributed by atoms with van der Waals surface area (Å²) < 4.78 is 7.76. The molecule has 2 aromatic carbocycles. The van der Waals surface area contributed by atoms with Gasteiger partial charge in [-0.2, -0.15) is 0 Å². The normalized spacial score (nSPS) is 14.7. The topological polar surface area (TPSA) is 59.4 Å². The predicted octanol–water partition coefficient (Wildman–Crippen LogP) is 3.70. The van der Waals surface area contributed by atoms with Gasteiger partial charge in [0, 0.05) is 50.6 Å². The first-order chi connectivity index (χ1) is 15.7. The van der Waals surface area contributed by atoms with E-state index in [4.69, 9.17) is 21.3 Å². The minimum atomic E-state index is 0.0925. The first-order valence-corrected chi connectivity index (χ1v) is 11.8. The van der Waals surface area contributed by atoms with Crippen molar-refractivity contribution >= 4 is 28.5 Å². The molecular weight excluding hydrogens is 424 g/mol. The number of halogens is 1. The second-order valence-corrected chi connectivity index (χ2v) is 8.64. The second kappa shape index (κ2) is 11.5. The van der Waals surface area contributed by atoms with E-state index in [9.17, 15) is 4.79 Å². The summed E-state index contributed by atoms with van der Waals surface area (Å²) in [6.45, 7) is 6.05. The Morgan fingerprint density at radius 3 is 2.62 bits per heavy atom.